The van der Waals surface area contributed by atoms with Crippen LogP contribution in [0.25, 0.3) is 0 Å². The molecule has 2 rings (SSSR count). The molecule has 9 heteroatoms. The zero-order valence-electron chi connectivity index (χ0n) is 17.1. The first kappa shape index (κ1) is 24.5. The summed E-state index contributed by atoms with van der Waals surface area (Å²) in [6.45, 7) is -0.471. The molecular formula is C22H27BrN4O4. The van der Waals surface area contributed by atoms with Crippen molar-refractivity contribution in [1.29, 1.82) is 0 Å². The zero-order valence-corrected chi connectivity index (χ0v) is 18.7. The lowest BCUT2D eigenvalue weighted by Gasteiger charge is -2.14. The highest BCUT2D eigenvalue weighted by Gasteiger charge is 2.14. The number of nitrogens with one attached hydrogen (secondary N) is 3. The van der Waals surface area contributed by atoms with Crippen molar-refractivity contribution >= 4 is 50.7 Å². The lowest BCUT2D eigenvalue weighted by molar-refractivity contribution is -0.118. The summed E-state index contributed by atoms with van der Waals surface area (Å²) in [5.41, 5.74) is 7.11. The molecule has 0 heterocycles. The van der Waals surface area contributed by atoms with E-state index in [-0.39, 0.29) is 11.8 Å². The van der Waals surface area contributed by atoms with Crippen molar-refractivity contribution in [3.05, 3.63) is 53.0 Å². The molecule has 8 nitrogen and oxygen atoms in total. The molecule has 0 radical (unpaired) electrons. The van der Waals surface area contributed by atoms with E-state index in [1.165, 1.54) is 0 Å². The Hall–Kier alpha value is -2.75. The molecule has 0 fully saturated rings. The summed E-state index contributed by atoms with van der Waals surface area (Å²) in [5, 5.41) is 17.2. The summed E-state index contributed by atoms with van der Waals surface area (Å²) in [6.07, 6.45) is 2.74. The van der Waals surface area contributed by atoms with Crippen molar-refractivity contribution in [3.8, 4) is 0 Å². The van der Waals surface area contributed by atoms with Crippen LogP contribution in [0.3, 0.4) is 0 Å². The van der Waals surface area contributed by atoms with Crippen LogP contribution in [0.1, 0.15) is 32.1 Å². The van der Waals surface area contributed by atoms with Gasteiger partial charge in [0.15, 0.2) is 0 Å². The first-order valence-corrected chi connectivity index (χ1v) is 10.8. The minimum atomic E-state index is -1.04. The highest BCUT2D eigenvalue weighted by molar-refractivity contribution is 9.10. The smallest absolute Gasteiger partial charge is 0.243 e. The molecule has 3 amide bonds. The van der Waals surface area contributed by atoms with Gasteiger partial charge in [0, 0.05) is 23.0 Å². The molecular weight excluding hydrogens is 464 g/mol. The molecule has 0 saturated heterocycles. The van der Waals surface area contributed by atoms with Crippen LogP contribution in [0.5, 0.6) is 0 Å². The average molecular weight is 491 g/mol. The second-order valence-electron chi connectivity index (χ2n) is 6.99. The van der Waals surface area contributed by atoms with Gasteiger partial charge in [0.25, 0.3) is 0 Å². The van der Waals surface area contributed by atoms with Crippen LogP contribution in [0.4, 0.5) is 17.1 Å². The number of carbonyl (C=O) groups excluding carboxylic acids is 3. The normalized spacial score (nSPS) is 11.5. The van der Waals surface area contributed by atoms with Gasteiger partial charge < -0.3 is 26.8 Å². The average Bonchev–Trinajstić information content (AvgIpc) is 2.74. The number of halogens is 1. The molecule has 31 heavy (non-hydrogen) atoms. The Morgan fingerprint density at radius 3 is 2.10 bits per heavy atom. The highest BCUT2D eigenvalue weighted by Crippen LogP contribution is 2.22. The number of carbonyl (C=O) groups is 3. The fraction of sp³-hybridized carbons (Fsp3) is 0.318. The number of nitrogens with two attached hydrogens (primary N) is 1. The summed E-state index contributed by atoms with van der Waals surface area (Å²) in [4.78, 5) is 36.1. The van der Waals surface area contributed by atoms with Gasteiger partial charge in [0.05, 0.1) is 18.0 Å². The van der Waals surface area contributed by atoms with E-state index >= 15 is 0 Å². The molecule has 2 aromatic carbocycles. The molecule has 0 aromatic heterocycles. The lowest BCUT2D eigenvalue weighted by Crippen LogP contribution is -2.38. The number of hydrogen-bond donors (Lipinski definition) is 5. The maximum atomic E-state index is 12.2. The molecule has 0 spiro atoms. The van der Waals surface area contributed by atoms with E-state index < -0.39 is 18.6 Å². The minimum Gasteiger partial charge on any atom is -0.394 e. The maximum Gasteiger partial charge on any atom is 0.243 e. The Kier molecular flexibility index (Phi) is 10.2. The summed E-state index contributed by atoms with van der Waals surface area (Å²) < 4.78 is 0.897. The summed E-state index contributed by atoms with van der Waals surface area (Å²) in [7, 11) is 0. The number of anilines is 3. The third-order valence-electron chi connectivity index (χ3n) is 4.41. The van der Waals surface area contributed by atoms with Gasteiger partial charge in [-0.1, -0.05) is 40.5 Å². The number of hydrogen-bond acceptors (Lipinski definition) is 5. The van der Waals surface area contributed by atoms with Gasteiger partial charge in [-0.15, -0.1) is 0 Å². The predicted octanol–water partition coefficient (Wildman–Crippen LogP) is 3.23. The van der Waals surface area contributed by atoms with Gasteiger partial charge in [0.1, 0.15) is 6.04 Å². The fourth-order valence-corrected chi connectivity index (χ4v) is 3.16. The number of rotatable bonds is 11. The maximum absolute atomic E-state index is 12.2. The van der Waals surface area contributed by atoms with Gasteiger partial charge in [-0.2, -0.15) is 0 Å². The van der Waals surface area contributed by atoms with E-state index in [2.05, 4.69) is 31.9 Å². The van der Waals surface area contributed by atoms with Crippen LogP contribution < -0.4 is 21.7 Å². The summed E-state index contributed by atoms with van der Waals surface area (Å²) >= 11 is 3.36. The van der Waals surface area contributed by atoms with Crippen molar-refractivity contribution in [3.63, 3.8) is 0 Å². The Bertz CT molecular complexity index is 907. The molecule has 1 atom stereocenters. The van der Waals surface area contributed by atoms with Crippen LogP contribution >= 0.6 is 15.9 Å². The van der Waals surface area contributed by atoms with Gasteiger partial charge >= 0.3 is 0 Å². The first-order chi connectivity index (χ1) is 14.9. The highest BCUT2D eigenvalue weighted by atomic mass is 79.9. The molecule has 2 aromatic rings. The molecule has 166 valence electrons. The number of aliphatic hydroxyl groups is 1. The van der Waals surface area contributed by atoms with Crippen molar-refractivity contribution in [2.45, 2.75) is 38.1 Å². The third-order valence-corrected chi connectivity index (χ3v) is 4.90. The third kappa shape index (κ3) is 8.87. The molecule has 6 N–H and O–H groups in total. The second-order valence-corrected chi connectivity index (χ2v) is 7.91. The monoisotopic (exact) mass is 490 g/mol. The van der Waals surface area contributed by atoms with E-state index in [9.17, 15) is 14.4 Å². The van der Waals surface area contributed by atoms with Gasteiger partial charge in [-0.05, 0) is 43.2 Å². The Labute approximate surface area is 189 Å². The SMILES string of the molecule is N[C@@H](CO)C(=O)Nc1ccccc1NC(=O)CCCCCC(=O)Nc1cccc(Br)c1. The molecule has 0 aliphatic carbocycles. The summed E-state index contributed by atoms with van der Waals surface area (Å²) in [5.74, 6) is -0.787. The molecule has 0 aliphatic heterocycles. The van der Waals surface area contributed by atoms with Crippen LogP contribution in [0.2, 0.25) is 0 Å². The number of unbranched alkanes of at least 4 members (excludes halogenated alkanes) is 2. The predicted molar refractivity (Wildman–Crippen MR) is 125 cm³/mol. The minimum absolute atomic E-state index is 0.0618. The number of amides is 3. The van der Waals surface area contributed by atoms with Crippen molar-refractivity contribution < 1.29 is 19.5 Å². The van der Waals surface area contributed by atoms with E-state index in [1.807, 2.05) is 24.3 Å². The van der Waals surface area contributed by atoms with Crippen LogP contribution in [0, 0.1) is 0 Å². The van der Waals surface area contributed by atoms with E-state index in [0.29, 0.717) is 37.1 Å². The fourth-order valence-electron chi connectivity index (χ4n) is 2.76. The quantitative estimate of drug-likeness (QED) is 0.308. The van der Waals surface area contributed by atoms with Gasteiger partial charge in [-0.25, -0.2) is 0 Å². The van der Waals surface area contributed by atoms with E-state index in [4.69, 9.17) is 10.8 Å². The van der Waals surface area contributed by atoms with Gasteiger partial charge in [-0.3, -0.25) is 14.4 Å². The molecule has 0 aliphatic rings. The lowest BCUT2D eigenvalue weighted by atomic mass is 10.1. The summed E-state index contributed by atoms with van der Waals surface area (Å²) in [6, 6.07) is 13.1. The van der Waals surface area contributed by atoms with Crippen molar-refractivity contribution in [2.75, 3.05) is 22.6 Å². The van der Waals surface area contributed by atoms with Gasteiger partial charge in [0.2, 0.25) is 17.7 Å². The first-order valence-electron chi connectivity index (χ1n) is 10.0. The van der Waals surface area contributed by atoms with Crippen LogP contribution in [0.15, 0.2) is 53.0 Å². The molecule has 0 bridgehead atoms. The topological polar surface area (TPSA) is 134 Å². The van der Waals surface area contributed by atoms with Crippen LogP contribution in [-0.4, -0.2) is 35.5 Å². The van der Waals surface area contributed by atoms with E-state index in [0.717, 1.165) is 16.6 Å². The molecule has 0 saturated carbocycles. The number of aliphatic hydroxyl groups excluding tert-OH is 1. The largest absolute Gasteiger partial charge is 0.394 e. The Morgan fingerprint density at radius 1 is 0.871 bits per heavy atom. The van der Waals surface area contributed by atoms with Crippen molar-refractivity contribution in [2.24, 2.45) is 5.73 Å². The second kappa shape index (κ2) is 12.8. The number of benzene rings is 2. The van der Waals surface area contributed by atoms with E-state index in [1.54, 1.807) is 24.3 Å². The van der Waals surface area contributed by atoms with Crippen LogP contribution in [-0.2, 0) is 14.4 Å². The standard InChI is InChI=1S/C22H27BrN4O4/c23-15-7-6-8-16(13-15)25-20(29)11-2-1-3-12-21(30)26-18-9-4-5-10-19(18)27-22(31)17(24)14-28/h4-10,13,17,28H,1-3,11-12,14,24H2,(H,25,29)(H,26,30)(H,27,31)/t17-/m0/s1. The molecule has 0 unspecified atom stereocenters. The Balaban J connectivity index is 1.70. The Morgan fingerprint density at radius 2 is 1.48 bits per heavy atom. The zero-order chi connectivity index (χ0) is 22.6. The van der Waals surface area contributed by atoms with Crippen molar-refractivity contribution in [1.82, 2.24) is 0 Å². The number of para-hydroxylation sites is 2.